The number of nitrogens with zero attached hydrogens (tertiary/aromatic N) is 1. The van der Waals surface area contributed by atoms with Crippen LogP contribution in [0.3, 0.4) is 0 Å². The zero-order chi connectivity index (χ0) is 11.5. The number of hydrogen-bond acceptors (Lipinski definition) is 2. The summed E-state index contributed by atoms with van der Waals surface area (Å²) in [5.41, 5.74) is 1.00. The zero-order valence-electron chi connectivity index (χ0n) is 8.05. The van der Waals surface area contributed by atoms with Crippen LogP contribution in [0.25, 0.3) is 0 Å². The topological polar surface area (TPSA) is 24.9 Å². The van der Waals surface area contributed by atoms with Gasteiger partial charge in [-0.2, -0.15) is 0 Å². The van der Waals surface area contributed by atoms with Crippen molar-refractivity contribution in [3.63, 3.8) is 0 Å². The van der Waals surface area contributed by atoms with Crippen LogP contribution < -0.4 is 5.32 Å². The lowest BCUT2D eigenvalue weighted by Crippen LogP contribution is -1.94. The Morgan fingerprint density at radius 2 is 2.12 bits per heavy atom. The first-order chi connectivity index (χ1) is 7.65. The first-order valence-electron chi connectivity index (χ1n) is 4.49. The number of halogens is 3. The standard InChI is InChI=1S/C11H7BrClIN2/c12-10-4-7(13)6-15-11(10)16-9-3-1-2-8(14)5-9/h1-6H,(H,15,16). The Morgan fingerprint density at radius 3 is 2.81 bits per heavy atom. The highest BCUT2D eigenvalue weighted by atomic mass is 127. The summed E-state index contributed by atoms with van der Waals surface area (Å²) in [4.78, 5) is 4.21. The highest BCUT2D eigenvalue weighted by molar-refractivity contribution is 14.1. The molecule has 0 aliphatic rings. The Kier molecular flexibility index (Phi) is 4.05. The van der Waals surface area contributed by atoms with Crippen molar-refractivity contribution in [3.05, 3.63) is 49.6 Å². The molecule has 0 fully saturated rings. The van der Waals surface area contributed by atoms with Gasteiger partial charge in [0.2, 0.25) is 0 Å². The van der Waals surface area contributed by atoms with E-state index in [0.29, 0.717) is 5.02 Å². The molecular formula is C11H7BrClIN2. The summed E-state index contributed by atoms with van der Waals surface area (Å²) < 4.78 is 2.02. The second kappa shape index (κ2) is 5.33. The van der Waals surface area contributed by atoms with Crippen LogP contribution in [0.4, 0.5) is 11.5 Å². The molecule has 0 unspecified atom stereocenters. The first kappa shape index (κ1) is 12.1. The molecule has 0 saturated carbocycles. The fraction of sp³-hybridized carbons (Fsp3) is 0. The summed E-state index contributed by atoms with van der Waals surface area (Å²) in [6, 6.07) is 9.88. The molecule has 1 N–H and O–H groups in total. The van der Waals surface area contributed by atoms with Crippen molar-refractivity contribution < 1.29 is 0 Å². The van der Waals surface area contributed by atoms with Gasteiger partial charge in [0.1, 0.15) is 5.82 Å². The minimum absolute atomic E-state index is 0.611. The number of rotatable bonds is 2. The Morgan fingerprint density at radius 1 is 1.31 bits per heavy atom. The van der Waals surface area contributed by atoms with E-state index >= 15 is 0 Å². The average Bonchev–Trinajstić information content (AvgIpc) is 2.22. The molecule has 0 saturated heterocycles. The molecule has 0 aliphatic carbocycles. The summed E-state index contributed by atoms with van der Waals surface area (Å²) in [7, 11) is 0. The van der Waals surface area contributed by atoms with E-state index in [9.17, 15) is 0 Å². The smallest absolute Gasteiger partial charge is 0.144 e. The van der Waals surface area contributed by atoms with Gasteiger partial charge in [-0.15, -0.1) is 0 Å². The number of pyridine rings is 1. The lowest BCUT2D eigenvalue weighted by atomic mass is 10.3. The molecular weight excluding hydrogens is 402 g/mol. The van der Waals surface area contributed by atoms with Gasteiger partial charge in [-0.05, 0) is 62.8 Å². The van der Waals surface area contributed by atoms with Gasteiger partial charge in [-0.3, -0.25) is 0 Å². The van der Waals surface area contributed by atoms with Crippen molar-refractivity contribution in [2.45, 2.75) is 0 Å². The van der Waals surface area contributed by atoms with E-state index in [1.54, 1.807) is 6.20 Å². The van der Waals surface area contributed by atoms with Crippen LogP contribution >= 0.6 is 50.1 Å². The molecule has 16 heavy (non-hydrogen) atoms. The molecule has 2 nitrogen and oxygen atoms in total. The summed E-state index contributed by atoms with van der Waals surface area (Å²) in [5, 5.41) is 3.83. The van der Waals surface area contributed by atoms with Crippen molar-refractivity contribution in [2.75, 3.05) is 5.32 Å². The molecule has 2 rings (SSSR count). The Bertz CT molecular complexity index is 519. The summed E-state index contributed by atoms with van der Waals surface area (Å²) in [5.74, 6) is 0.756. The van der Waals surface area contributed by atoms with E-state index in [-0.39, 0.29) is 0 Å². The van der Waals surface area contributed by atoms with Crippen molar-refractivity contribution in [1.29, 1.82) is 0 Å². The molecule has 1 aromatic heterocycles. The van der Waals surface area contributed by atoms with Crippen molar-refractivity contribution in [1.82, 2.24) is 4.98 Å². The van der Waals surface area contributed by atoms with E-state index in [4.69, 9.17) is 11.6 Å². The summed E-state index contributed by atoms with van der Waals surface area (Å²) in [6.45, 7) is 0. The third kappa shape index (κ3) is 3.09. The normalized spacial score (nSPS) is 10.2. The van der Waals surface area contributed by atoms with Gasteiger partial charge in [0.15, 0.2) is 0 Å². The second-order valence-corrected chi connectivity index (χ2v) is 5.66. The SMILES string of the molecule is Clc1cnc(Nc2cccc(I)c2)c(Br)c1. The van der Waals surface area contributed by atoms with Gasteiger partial charge in [0.05, 0.1) is 9.50 Å². The van der Waals surface area contributed by atoms with E-state index in [0.717, 1.165) is 16.0 Å². The van der Waals surface area contributed by atoms with Crippen LogP contribution in [0.1, 0.15) is 0 Å². The van der Waals surface area contributed by atoms with Crippen LogP contribution in [-0.4, -0.2) is 4.98 Å². The van der Waals surface area contributed by atoms with Gasteiger partial charge in [-0.25, -0.2) is 4.98 Å². The van der Waals surface area contributed by atoms with Crippen LogP contribution in [0.2, 0.25) is 5.02 Å². The molecule has 1 heterocycles. The fourth-order valence-electron chi connectivity index (χ4n) is 1.21. The third-order valence-electron chi connectivity index (χ3n) is 1.90. The van der Waals surface area contributed by atoms with Gasteiger partial charge in [-0.1, -0.05) is 17.7 Å². The number of nitrogens with one attached hydrogen (secondary N) is 1. The van der Waals surface area contributed by atoms with Crippen LogP contribution in [-0.2, 0) is 0 Å². The van der Waals surface area contributed by atoms with Crippen molar-refractivity contribution >= 4 is 61.6 Å². The van der Waals surface area contributed by atoms with Gasteiger partial charge in [0.25, 0.3) is 0 Å². The maximum absolute atomic E-state index is 5.82. The van der Waals surface area contributed by atoms with Crippen LogP contribution in [0.5, 0.6) is 0 Å². The fourth-order valence-corrected chi connectivity index (χ4v) is 2.49. The highest BCUT2D eigenvalue weighted by Crippen LogP contribution is 2.26. The molecule has 0 amide bonds. The maximum Gasteiger partial charge on any atom is 0.144 e. The molecule has 0 atom stereocenters. The molecule has 1 aromatic carbocycles. The van der Waals surface area contributed by atoms with Crippen LogP contribution in [0.15, 0.2) is 41.0 Å². The molecule has 0 bridgehead atoms. The first-order valence-corrected chi connectivity index (χ1v) is 6.74. The average molecular weight is 409 g/mol. The predicted molar refractivity (Wildman–Crippen MR) is 79.4 cm³/mol. The quantitative estimate of drug-likeness (QED) is 0.718. The van der Waals surface area contributed by atoms with E-state index < -0.39 is 0 Å². The molecule has 5 heteroatoms. The summed E-state index contributed by atoms with van der Waals surface area (Å²) >= 11 is 11.5. The largest absolute Gasteiger partial charge is 0.339 e. The minimum atomic E-state index is 0.611. The Hall–Kier alpha value is -0.330. The van der Waals surface area contributed by atoms with Gasteiger partial charge >= 0.3 is 0 Å². The predicted octanol–water partition coefficient (Wildman–Crippen LogP) is 4.85. The zero-order valence-corrected chi connectivity index (χ0v) is 12.5. The number of benzene rings is 1. The van der Waals surface area contributed by atoms with Gasteiger partial charge < -0.3 is 5.32 Å². The number of aromatic nitrogens is 1. The van der Waals surface area contributed by atoms with E-state index in [1.165, 1.54) is 3.57 Å². The van der Waals surface area contributed by atoms with Gasteiger partial charge in [0, 0.05) is 15.5 Å². The molecule has 0 spiro atoms. The van der Waals surface area contributed by atoms with E-state index in [1.807, 2.05) is 30.3 Å². The summed E-state index contributed by atoms with van der Waals surface area (Å²) in [6.07, 6.45) is 1.61. The Labute approximate surface area is 121 Å². The highest BCUT2D eigenvalue weighted by Gasteiger charge is 2.02. The van der Waals surface area contributed by atoms with Crippen molar-refractivity contribution in [3.8, 4) is 0 Å². The Balaban J connectivity index is 2.27. The molecule has 82 valence electrons. The molecule has 0 aliphatic heterocycles. The van der Waals surface area contributed by atoms with Crippen LogP contribution in [0, 0.1) is 3.57 Å². The number of anilines is 2. The van der Waals surface area contributed by atoms with Crippen molar-refractivity contribution in [2.24, 2.45) is 0 Å². The lowest BCUT2D eigenvalue weighted by molar-refractivity contribution is 1.29. The monoisotopic (exact) mass is 408 g/mol. The second-order valence-electron chi connectivity index (χ2n) is 3.12. The lowest BCUT2D eigenvalue weighted by Gasteiger charge is -2.07. The van der Waals surface area contributed by atoms with E-state index in [2.05, 4.69) is 48.8 Å². The molecule has 2 aromatic rings. The number of hydrogen-bond donors (Lipinski definition) is 1. The maximum atomic E-state index is 5.82. The molecule has 0 radical (unpaired) electrons. The third-order valence-corrected chi connectivity index (χ3v) is 3.38. The minimum Gasteiger partial charge on any atom is -0.339 e.